The monoisotopic (exact) mass is 368 g/mol. The summed E-state index contributed by atoms with van der Waals surface area (Å²) in [5.74, 6) is -1.75. The van der Waals surface area contributed by atoms with Crippen LogP contribution in [0.5, 0.6) is 5.75 Å². The Morgan fingerprint density at radius 3 is 2.36 bits per heavy atom. The molecule has 0 saturated carbocycles. The Bertz CT molecular complexity index is 870. The maximum absolute atomic E-state index is 13.1. The molecular weight excluding hydrogens is 357 g/mol. The highest BCUT2D eigenvalue weighted by molar-refractivity contribution is 6.34. The summed E-state index contributed by atoms with van der Waals surface area (Å²) in [6.07, 6.45) is -6.38. The van der Waals surface area contributed by atoms with Gasteiger partial charge in [0.25, 0.3) is 0 Å². The largest absolute Gasteiger partial charge is 0.478 e. The molecule has 0 spiro atoms. The van der Waals surface area contributed by atoms with Crippen LogP contribution in [0.3, 0.4) is 0 Å². The third kappa shape index (κ3) is 3.22. The zero-order chi connectivity index (χ0) is 18.4. The molecule has 25 heavy (non-hydrogen) atoms. The predicted molar refractivity (Wildman–Crippen MR) is 87.7 cm³/mol. The van der Waals surface area contributed by atoms with E-state index in [9.17, 15) is 23.1 Å². The van der Waals surface area contributed by atoms with Crippen molar-refractivity contribution >= 4 is 23.6 Å². The Morgan fingerprint density at radius 1 is 1.16 bits per heavy atom. The molecule has 130 valence electrons. The summed E-state index contributed by atoms with van der Waals surface area (Å²) in [6, 6.07) is 9.93. The number of carbonyl (C=O) groups is 1. The highest BCUT2D eigenvalue weighted by atomic mass is 35.5. The second-order valence-electron chi connectivity index (χ2n) is 5.64. The van der Waals surface area contributed by atoms with Crippen LogP contribution in [0.15, 0.2) is 42.0 Å². The summed E-state index contributed by atoms with van der Waals surface area (Å²) in [6.45, 7) is 1.89. The van der Waals surface area contributed by atoms with Crippen molar-refractivity contribution in [3.8, 4) is 16.9 Å². The van der Waals surface area contributed by atoms with Crippen LogP contribution in [-0.2, 0) is 4.79 Å². The summed E-state index contributed by atoms with van der Waals surface area (Å²) in [4.78, 5) is 11.3. The van der Waals surface area contributed by atoms with E-state index in [1.807, 2.05) is 19.1 Å². The van der Waals surface area contributed by atoms with E-state index in [0.717, 1.165) is 11.6 Å². The van der Waals surface area contributed by atoms with E-state index in [1.54, 1.807) is 12.1 Å². The first kappa shape index (κ1) is 17.4. The zero-order valence-electron chi connectivity index (χ0n) is 12.9. The highest BCUT2D eigenvalue weighted by Gasteiger charge is 2.48. The highest BCUT2D eigenvalue weighted by Crippen LogP contribution is 2.44. The molecule has 7 heteroatoms. The minimum atomic E-state index is -4.84. The molecule has 3 rings (SSSR count). The molecule has 1 aliphatic rings. The van der Waals surface area contributed by atoms with Gasteiger partial charge in [0.2, 0.25) is 6.10 Å². The molecule has 0 bridgehead atoms. The topological polar surface area (TPSA) is 46.5 Å². The molecule has 1 heterocycles. The summed E-state index contributed by atoms with van der Waals surface area (Å²) in [7, 11) is 0. The van der Waals surface area contributed by atoms with E-state index in [0.29, 0.717) is 11.1 Å². The summed E-state index contributed by atoms with van der Waals surface area (Å²) < 4.78 is 44.4. The van der Waals surface area contributed by atoms with Crippen LogP contribution < -0.4 is 4.74 Å². The summed E-state index contributed by atoms with van der Waals surface area (Å²) in [5, 5.41) is 9.47. The number of aliphatic carboxylic acids is 1. The number of rotatable bonds is 2. The number of alkyl halides is 3. The minimum absolute atomic E-state index is 0.0627. The van der Waals surface area contributed by atoms with Gasteiger partial charge in [0.15, 0.2) is 0 Å². The van der Waals surface area contributed by atoms with Gasteiger partial charge in [-0.1, -0.05) is 41.4 Å². The average Bonchev–Trinajstić information content (AvgIpc) is 2.54. The first-order valence-electron chi connectivity index (χ1n) is 7.26. The number of aryl methyl sites for hydroxylation is 1. The zero-order valence-corrected chi connectivity index (χ0v) is 13.7. The van der Waals surface area contributed by atoms with Crippen molar-refractivity contribution < 1.29 is 27.8 Å². The number of halogens is 4. The summed E-state index contributed by atoms with van der Waals surface area (Å²) >= 11 is 6.23. The minimum Gasteiger partial charge on any atom is -0.478 e. The molecule has 1 N–H and O–H groups in total. The van der Waals surface area contributed by atoms with Crippen molar-refractivity contribution in [2.24, 2.45) is 0 Å². The van der Waals surface area contributed by atoms with Crippen LogP contribution in [0.2, 0.25) is 5.02 Å². The van der Waals surface area contributed by atoms with E-state index >= 15 is 0 Å². The van der Waals surface area contributed by atoms with Crippen molar-refractivity contribution in [3.05, 3.63) is 58.1 Å². The van der Waals surface area contributed by atoms with E-state index in [4.69, 9.17) is 16.3 Å². The molecule has 0 radical (unpaired) electrons. The van der Waals surface area contributed by atoms with Crippen LogP contribution in [0.4, 0.5) is 13.2 Å². The lowest BCUT2D eigenvalue weighted by Crippen LogP contribution is -2.40. The van der Waals surface area contributed by atoms with Gasteiger partial charge in [-0.3, -0.25) is 0 Å². The number of fused-ring (bicyclic) bond motifs is 1. The fourth-order valence-corrected chi connectivity index (χ4v) is 2.95. The van der Waals surface area contributed by atoms with Crippen LogP contribution in [0.1, 0.15) is 11.1 Å². The first-order chi connectivity index (χ1) is 11.7. The molecule has 1 aliphatic heterocycles. The molecule has 1 atom stereocenters. The lowest BCUT2D eigenvalue weighted by Gasteiger charge is -2.28. The maximum atomic E-state index is 13.1. The van der Waals surface area contributed by atoms with Gasteiger partial charge in [-0.15, -0.1) is 0 Å². The van der Waals surface area contributed by atoms with Crippen molar-refractivity contribution in [2.45, 2.75) is 19.2 Å². The fourth-order valence-electron chi connectivity index (χ4n) is 2.67. The normalized spacial score (nSPS) is 16.7. The molecule has 2 aromatic carbocycles. The predicted octanol–water partition coefficient (Wildman–Crippen LogP) is 5.11. The molecule has 1 unspecified atom stereocenters. The quantitative estimate of drug-likeness (QED) is 0.801. The molecule has 0 fully saturated rings. The lowest BCUT2D eigenvalue weighted by atomic mass is 9.93. The van der Waals surface area contributed by atoms with E-state index < -0.39 is 23.8 Å². The lowest BCUT2D eigenvalue weighted by molar-refractivity contribution is -0.187. The Morgan fingerprint density at radius 2 is 1.80 bits per heavy atom. The van der Waals surface area contributed by atoms with Crippen LogP contribution >= 0.6 is 11.6 Å². The van der Waals surface area contributed by atoms with Gasteiger partial charge in [0.05, 0.1) is 5.57 Å². The van der Waals surface area contributed by atoms with Gasteiger partial charge in [-0.2, -0.15) is 13.2 Å². The van der Waals surface area contributed by atoms with Gasteiger partial charge in [-0.05, 0) is 30.7 Å². The van der Waals surface area contributed by atoms with Gasteiger partial charge in [0, 0.05) is 16.1 Å². The van der Waals surface area contributed by atoms with Crippen molar-refractivity contribution in [3.63, 3.8) is 0 Å². The standard InChI is InChI=1S/C18H12ClF3O3/c1-9-2-4-10(5-3-9)15-11-8-12(17(23)24)16(18(20,21)22)25-14(11)7-6-13(15)19/h2-8,16H,1H3,(H,23,24). The number of benzene rings is 2. The van der Waals surface area contributed by atoms with Gasteiger partial charge in [-0.25, -0.2) is 4.79 Å². The average molecular weight is 369 g/mol. The summed E-state index contributed by atoms with van der Waals surface area (Å²) in [5.41, 5.74) is 1.42. The molecule has 2 aromatic rings. The Labute approximate surface area is 146 Å². The molecule has 0 aromatic heterocycles. The molecule has 0 amide bonds. The maximum Gasteiger partial charge on any atom is 0.430 e. The third-order valence-corrected chi connectivity index (χ3v) is 4.18. The Hall–Kier alpha value is -2.47. The van der Waals surface area contributed by atoms with Crippen LogP contribution in [0, 0.1) is 6.92 Å². The van der Waals surface area contributed by atoms with Gasteiger partial charge in [0.1, 0.15) is 5.75 Å². The molecule has 3 nitrogen and oxygen atoms in total. The molecule has 0 saturated heterocycles. The van der Waals surface area contributed by atoms with E-state index in [-0.39, 0.29) is 16.3 Å². The number of hydrogen-bond acceptors (Lipinski definition) is 2. The third-order valence-electron chi connectivity index (χ3n) is 3.87. The molecule has 0 aliphatic carbocycles. The number of carboxylic acids is 1. The van der Waals surface area contributed by atoms with Gasteiger partial charge >= 0.3 is 12.1 Å². The number of ether oxygens (including phenoxy) is 1. The van der Waals surface area contributed by atoms with Crippen molar-refractivity contribution in [2.75, 3.05) is 0 Å². The molecular formula is C18H12ClF3O3. The SMILES string of the molecule is Cc1ccc(-c2c(Cl)ccc3c2C=C(C(=O)O)C(C(F)(F)F)O3)cc1. The van der Waals surface area contributed by atoms with Gasteiger partial charge < -0.3 is 9.84 Å². The second kappa shape index (κ2) is 6.11. The van der Waals surface area contributed by atoms with Crippen LogP contribution in [0.25, 0.3) is 17.2 Å². The smallest absolute Gasteiger partial charge is 0.430 e. The van der Waals surface area contributed by atoms with Crippen molar-refractivity contribution in [1.29, 1.82) is 0 Å². The number of hydrogen-bond donors (Lipinski definition) is 1. The van der Waals surface area contributed by atoms with Crippen LogP contribution in [-0.4, -0.2) is 23.4 Å². The van der Waals surface area contributed by atoms with Crippen molar-refractivity contribution in [1.82, 2.24) is 0 Å². The van der Waals surface area contributed by atoms with E-state index in [2.05, 4.69) is 0 Å². The first-order valence-corrected chi connectivity index (χ1v) is 7.64. The Kier molecular flexibility index (Phi) is 4.24. The second-order valence-corrected chi connectivity index (χ2v) is 6.05. The number of carboxylic acid groups (broad SMARTS) is 1. The fraction of sp³-hybridized carbons (Fsp3) is 0.167. The van der Waals surface area contributed by atoms with E-state index in [1.165, 1.54) is 12.1 Å². The Balaban J connectivity index is 2.23.